The van der Waals surface area contributed by atoms with E-state index in [1.165, 1.54) is 5.56 Å². The molecule has 1 aliphatic heterocycles. The van der Waals surface area contributed by atoms with Gasteiger partial charge in [0.25, 0.3) is 0 Å². The molecule has 1 aromatic rings. The molecule has 0 bridgehead atoms. The van der Waals surface area contributed by atoms with Crippen LogP contribution in [0.5, 0.6) is 0 Å². The van der Waals surface area contributed by atoms with Crippen molar-refractivity contribution in [2.45, 2.75) is 51.6 Å². The molecule has 1 atom stereocenters. The lowest BCUT2D eigenvalue weighted by molar-refractivity contribution is -0.123. The number of para-hydroxylation sites is 1. The Balaban J connectivity index is 2.03. The smallest absolute Gasteiger partial charge is 0.242 e. The first kappa shape index (κ1) is 12.9. The van der Waals surface area contributed by atoms with Gasteiger partial charge < -0.3 is 10.6 Å². The predicted octanol–water partition coefficient (Wildman–Crippen LogP) is 2.72. The molecule has 1 heterocycles. The van der Waals surface area contributed by atoms with Gasteiger partial charge in [0, 0.05) is 11.2 Å². The van der Waals surface area contributed by atoms with Gasteiger partial charge in [-0.1, -0.05) is 25.1 Å². The normalized spacial score (nSPS) is 18.7. The van der Waals surface area contributed by atoms with Crippen LogP contribution in [-0.2, 0) is 11.2 Å². The minimum absolute atomic E-state index is 0.106. The summed E-state index contributed by atoms with van der Waals surface area (Å²) in [7, 11) is 0. The van der Waals surface area contributed by atoms with E-state index in [1.54, 1.807) is 0 Å². The van der Waals surface area contributed by atoms with Crippen LogP contribution in [0.15, 0.2) is 24.3 Å². The highest BCUT2D eigenvalue weighted by atomic mass is 16.2. The van der Waals surface area contributed by atoms with Crippen LogP contribution in [0.1, 0.15) is 39.2 Å². The molecular weight excluding hydrogens is 224 g/mol. The minimum atomic E-state index is -0.129. The molecule has 0 aliphatic carbocycles. The first-order valence-corrected chi connectivity index (χ1v) is 6.68. The van der Waals surface area contributed by atoms with E-state index in [1.807, 2.05) is 18.2 Å². The van der Waals surface area contributed by atoms with Gasteiger partial charge in [-0.15, -0.1) is 0 Å². The lowest BCUT2D eigenvalue weighted by Gasteiger charge is -2.31. The van der Waals surface area contributed by atoms with Crippen molar-refractivity contribution >= 4 is 11.6 Å². The van der Waals surface area contributed by atoms with E-state index in [2.05, 4.69) is 37.5 Å². The maximum atomic E-state index is 12.2. The Bertz CT molecular complexity index is 440. The second kappa shape index (κ2) is 5.01. The van der Waals surface area contributed by atoms with Crippen molar-refractivity contribution in [2.75, 3.05) is 5.32 Å². The van der Waals surface area contributed by atoms with Gasteiger partial charge in [-0.3, -0.25) is 4.79 Å². The molecule has 0 fully saturated rings. The molecule has 0 saturated carbocycles. The van der Waals surface area contributed by atoms with Crippen LogP contribution in [-0.4, -0.2) is 17.5 Å². The van der Waals surface area contributed by atoms with E-state index in [0.29, 0.717) is 0 Å². The molecule has 2 N–H and O–H groups in total. The summed E-state index contributed by atoms with van der Waals surface area (Å²) in [6.07, 6.45) is 2.76. The Labute approximate surface area is 109 Å². The standard InChI is InChI=1S/C15H22N2O/c1-4-15(2,3)17-14(18)13-10-9-11-7-5-6-8-12(11)16-13/h5-8,13,16H,4,9-10H2,1-3H3,(H,17,18). The lowest BCUT2D eigenvalue weighted by Crippen LogP contribution is -2.50. The SMILES string of the molecule is CCC(C)(C)NC(=O)C1CCc2ccccc2N1. The van der Waals surface area contributed by atoms with Crippen molar-refractivity contribution in [3.8, 4) is 0 Å². The number of amides is 1. The maximum Gasteiger partial charge on any atom is 0.242 e. The lowest BCUT2D eigenvalue weighted by atomic mass is 9.96. The van der Waals surface area contributed by atoms with E-state index in [4.69, 9.17) is 0 Å². The summed E-state index contributed by atoms with van der Waals surface area (Å²) in [6.45, 7) is 6.20. The number of nitrogens with one attached hydrogen (secondary N) is 2. The highest BCUT2D eigenvalue weighted by molar-refractivity contribution is 5.86. The van der Waals surface area contributed by atoms with Gasteiger partial charge in [-0.25, -0.2) is 0 Å². The Morgan fingerprint density at radius 3 is 2.89 bits per heavy atom. The summed E-state index contributed by atoms with van der Waals surface area (Å²) in [6, 6.07) is 8.10. The highest BCUT2D eigenvalue weighted by Gasteiger charge is 2.27. The fourth-order valence-corrected chi connectivity index (χ4v) is 2.14. The van der Waals surface area contributed by atoms with Gasteiger partial charge in [0.2, 0.25) is 5.91 Å². The van der Waals surface area contributed by atoms with Gasteiger partial charge in [0.05, 0.1) is 0 Å². The number of fused-ring (bicyclic) bond motifs is 1. The van der Waals surface area contributed by atoms with E-state index in [9.17, 15) is 4.79 Å². The number of aryl methyl sites for hydroxylation is 1. The summed E-state index contributed by atoms with van der Waals surface area (Å²) in [5.74, 6) is 0.108. The molecule has 1 aliphatic rings. The molecule has 0 radical (unpaired) electrons. The van der Waals surface area contributed by atoms with Crippen LogP contribution in [0.3, 0.4) is 0 Å². The van der Waals surface area contributed by atoms with Crippen molar-refractivity contribution in [3.05, 3.63) is 29.8 Å². The molecule has 3 nitrogen and oxygen atoms in total. The van der Waals surface area contributed by atoms with E-state index in [0.717, 1.165) is 24.9 Å². The summed E-state index contributed by atoms with van der Waals surface area (Å²) < 4.78 is 0. The van der Waals surface area contributed by atoms with Crippen LogP contribution in [0, 0.1) is 0 Å². The summed E-state index contributed by atoms with van der Waals surface area (Å²) in [5.41, 5.74) is 2.27. The Morgan fingerprint density at radius 2 is 2.17 bits per heavy atom. The summed E-state index contributed by atoms with van der Waals surface area (Å²) in [4.78, 5) is 12.2. The molecule has 98 valence electrons. The monoisotopic (exact) mass is 246 g/mol. The van der Waals surface area contributed by atoms with Crippen LogP contribution < -0.4 is 10.6 Å². The number of carbonyl (C=O) groups is 1. The fourth-order valence-electron chi connectivity index (χ4n) is 2.14. The predicted molar refractivity (Wildman–Crippen MR) is 74.7 cm³/mol. The Hall–Kier alpha value is -1.51. The van der Waals surface area contributed by atoms with E-state index < -0.39 is 0 Å². The number of hydrogen-bond donors (Lipinski definition) is 2. The number of rotatable bonds is 3. The maximum absolute atomic E-state index is 12.2. The molecule has 0 spiro atoms. The third-order valence-electron chi connectivity index (χ3n) is 3.71. The molecule has 3 heteroatoms. The quantitative estimate of drug-likeness (QED) is 0.861. The number of benzene rings is 1. The zero-order chi connectivity index (χ0) is 13.2. The Kier molecular flexibility index (Phi) is 3.60. The minimum Gasteiger partial charge on any atom is -0.373 e. The molecular formula is C15H22N2O. The molecule has 1 unspecified atom stereocenters. The first-order chi connectivity index (χ1) is 8.52. The topological polar surface area (TPSA) is 41.1 Å². The zero-order valence-corrected chi connectivity index (χ0v) is 11.4. The first-order valence-electron chi connectivity index (χ1n) is 6.68. The molecule has 1 aromatic carbocycles. The molecule has 0 aromatic heterocycles. The van der Waals surface area contributed by atoms with Gasteiger partial charge in [-0.05, 0) is 44.7 Å². The van der Waals surface area contributed by atoms with E-state index >= 15 is 0 Å². The van der Waals surface area contributed by atoms with Crippen molar-refractivity contribution in [1.82, 2.24) is 5.32 Å². The molecule has 0 saturated heterocycles. The molecule has 2 rings (SSSR count). The average Bonchev–Trinajstić information content (AvgIpc) is 2.37. The van der Waals surface area contributed by atoms with E-state index in [-0.39, 0.29) is 17.5 Å². The zero-order valence-electron chi connectivity index (χ0n) is 11.4. The molecule has 18 heavy (non-hydrogen) atoms. The second-order valence-corrected chi connectivity index (χ2v) is 5.62. The van der Waals surface area contributed by atoms with Crippen LogP contribution in [0.25, 0.3) is 0 Å². The van der Waals surface area contributed by atoms with Crippen molar-refractivity contribution < 1.29 is 4.79 Å². The Morgan fingerprint density at radius 1 is 1.44 bits per heavy atom. The van der Waals surface area contributed by atoms with Crippen molar-refractivity contribution in [2.24, 2.45) is 0 Å². The van der Waals surface area contributed by atoms with Gasteiger partial charge in [0.1, 0.15) is 6.04 Å². The van der Waals surface area contributed by atoms with Crippen LogP contribution in [0.4, 0.5) is 5.69 Å². The van der Waals surface area contributed by atoms with Gasteiger partial charge in [-0.2, -0.15) is 0 Å². The van der Waals surface area contributed by atoms with Crippen molar-refractivity contribution in [3.63, 3.8) is 0 Å². The average molecular weight is 246 g/mol. The largest absolute Gasteiger partial charge is 0.373 e. The fraction of sp³-hybridized carbons (Fsp3) is 0.533. The third-order valence-corrected chi connectivity index (χ3v) is 3.71. The number of hydrogen-bond acceptors (Lipinski definition) is 2. The van der Waals surface area contributed by atoms with Gasteiger partial charge >= 0.3 is 0 Å². The van der Waals surface area contributed by atoms with Crippen molar-refractivity contribution in [1.29, 1.82) is 0 Å². The van der Waals surface area contributed by atoms with Crippen LogP contribution >= 0.6 is 0 Å². The summed E-state index contributed by atoms with van der Waals surface area (Å²) in [5, 5.41) is 6.44. The highest BCUT2D eigenvalue weighted by Crippen LogP contribution is 2.24. The van der Waals surface area contributed by atoms with Gasteiger partial charge in [0.15, 0.2) is 0 Å². The summed E-state index contributed by atoms with van der Waals surface area (Å²) >= 11 is 0. The number of anilines is 1. The van der Waals surface area contributed by atoms with Crippen LogP contribution in [0.2, 0.25) is 0 Å². The second-order valence-electron chi connectivity index (χ2n) is 5.62. The third kappa shape index (κ3) is 2.84. The molecule has 1 amide bonds. The number of carbonyl (C=O) groups excluding carboxylic acids is 1.